The molecule has 13 heteroatoms. The van der Waals surface area contributed by atoms with E-state index in [-0.39, 0.29) is 0 Å². The fraction of sp³-hybridized carbons (Fsp3) is 0.231. The molecule has 1 unspecified atom stereocenters. The largest absolute Gasteiger partial charge is 0.507 e. The van der Waals surface area contributed by atoms with Gasteiger partial charge in [0, 0.05) is 0 Å². The average Bonchev–Trinajstić information content (AvgIpc) is 2.44. The van der Waals surface area contributed by atoms with Gasteiger partial charge in [0.2, 0.25) is 0 Å². The van der Waals surface area contributed by atoms with Crippen LogP contribution in [0.3, 0.4) is 0 Å². The zero-order valence-corrected chi connectivity index (χ0v) is 13.5. The smallest absolute Gasteiger partial charge is 0.349 e. The lowest BCUT2D eigenvalue weighted by molar-refractivity contribution is -0.170. The van der Waals surface area contributed by atoms with Gasteiger partial charge in [-0.25, -0.2) is 9.59 Å². The van der Waals surface area contributed by atoms with Gasteiger partial charge in [-0.2, -0.15) is 8.42 Å². The quantitative estimate of drug-likeness (QED) is 0.215. The molecule has 142 valence electrons. The van der Waals surface area contributed by atoms with E-state index in [1.165, 1.54) is 0 Å². The molecule has 1 aromatic carbocycles. The van der Waals surface area contributed by atoms with Crippen molar-refractivity contribution in [3.05, 3.63) is 23.8 Å². The summed E-state index contributed by atoms with van der Waals surface area (Å²) >= 11 is 0. The Bertz CT molecular complexity index is 871. The highest BCUT2D eigenvalue weighted by atomic mass is 32.2. The molecule has 0 aliphatic carbocycles. The van der Waals surface area contributed by atoms with Gasteiger partial charge >= 0.3 is 23.9 Å². The number of hydrogen-bond donors (Lipinski definition) is 5. The summed E-state index contributed by atoms with van der Waals surface area (Å²) in [4.78, 5) is 44.1. The van der Waals surface area contributed by atoms with Crippen LogP contribution in [-0.2, 0) is 29.2 Å². The number of benzene rings is 1. The predicted octanol–water partition coefficient (Wildman–Crippen LogP) is -0.997. The second-order valence-electron chi connectivity index (χ2n) is 5.00. The number of carboxylic acids is 2. The fourth-order valence-corrected chi connectivity index (χ4v) is 2.24. The molecule has 1 rings (SSSR count). The van der Waals surface area contributed by atoms with Crippen molar-refractivity contribution in [2.75, 3.05) is 0 Å². The summed E-state index contributed by atoms with van der Waals surface area (Å²) in [6.45, 7) is 0. The van der Waals surface area contributed by atoms with Crippen molar-refractivity contribution in [3.8, 4) is 5.75 Å². The molecule has 5 N–H and O–H groups in total. The molecule has 0 aliphatic heterocycles. The normalized spacial score (nSPS) is 13.5. The summed E-state index contributed by atoms with van der Waals surface area (Å²) in [5, 5.41) is 36.5. The van der Waals surface area contributed by atoms with Crippen LogP contribution in [0.2, 0.25) is 0 Å². The lowest BCUT2D eigenvalue weighted by Gasteiger charge is -2.19. The monoisotopic (exact) mass is 392 g/mol. The highest BCUT2D eigenvalue weighted by molar-refractivity contribution is 7.85. The molecule has 0 spiro atoms. The van der Waals surface area contributed by atoms with Crippen molar-refractivity contribution in [1.82, 2.24) is 0 Å². The van der Waals surface area contributed by atoms with E-state index in [2.05, 4.69) is 4.74 Å². The Labute approximate surface area is 145 Å². The predicted molar refractivity (Wildman–Crippen MR) is 77.8 cm³/mol. The molecule has 0 heterocycles. The molecule has 0 saturated heterocycles. The van der Waals surface area contributed by atoms with Crippen LogP contribution in [-0.4, -0.2) is 62.9 Å². The standard InChI is InChI=1S/C13H12O12S/c14-8-2-1-6(26(22,23)24)3-7(8)11(18)25-10(17)5-13(21,12(19)20)4-9(15)16/h1-3,14,21H,4-5H2,(H,15,16)(H,19,20)(H,22,23,24). The van der Waals surface area contributed by atoms with E-state index >= 15 is 0 Å². The van der Waals surface area contributed by atoms with Crippen molar-refractivity contribution >= 4 is 34.0 Å². The van der Waals surface area contributed by atoms with E-state index < -0.39 is 68.6 Å². The highest BCUT2D eigenvalue weighted by Gasteiger charge is 2.42. The van der Waals surface area contributed by atoms with Gasteiger partial charge in [-0.15, -0.1) is 0 Å². The van der Waals surface area contributed by atoms with Crippen LogP contribution in [0.5, 0.6) is 5.75 Å². The Morgan fingerprint density at radius 3 is 2.12 bits per heavy atom. The van der Waals surface area contributed by atoms with Gasteiger partial charge in [0.15, 0.2) is 5.60 Å². The molecule has 26 heavy (non-hydrogen) atoms. The lowest BCUT2D eigenvalue weighted by Crippen LogP contribution is -2.43. The van der Waals surface area contributed by atoms with E-state index in [1.54, 1.807) is 0 Å². The number of hydrogen-bond acceptors (Lipinski definition) is 9. The number of ether oxygens (including phenoxy) is 1. The number of phenolic OH excluding ortho intramolecular Hbond substituents is 1. The van der Waals surface area contributed by atoms with Crippen molar-refractivity contribution < 1.29 is 57.3 Å². The third kappa shape index (κ3) is 5.23. The number of rotatable bonds is 7. The summed E-state index contributed by atoms with van der Waals surface area (Å²) in [6.07, 6.45) is -2.78. The minimum absolute atomic E-state index is 0.487. The summed E-state index contributed by atoms with van der Waals surface area (Å²) in [5.41, 5.74) is -3.91. The minimum atomic E-state index is -4.74. The molecule has 1 atom stereocenters. The van der Waals surface area contributed by atoms with Crippen LogP contribution in [0, 0.1) is 0 Å². The number of carbonyl (C=O) groups excluding carboxylic acids is 2. The number of carbonyl (C=O) groups is 4. The van der Waals surface area contributed by atoms with Crippen molar-refractivity contribution in [2.45, 2.75) is 23.3 Å². The second-order valence-corrected chi connectivity index (χ2v) is 6.42. The summed E-state index contributed by atoms with van der Waals surface area (Å²) in [7, 11) is -4.74. The van der Waals surface area contributed by atoms with E-state index in [9.17, 15) is 37.8 Å². The van der Waals surface area contributed by atoms with Crippen molar-refractivity contribution in [3.63, 3.8) is 0 Å². The highest BCUT2D eigenvalue weighted by Crippen LogP contribution is 2.23. The van der Waals surface area contributed by atoms with Crippen molar-refractivity contribution in [2.24, 2.45) is 0 Å². The van der Waals surface area contributed by atoms with Crippen LogP contribution >= 0.6 is 0 Å². The number of aromatic hydroxyl groups is 1. The molecule has 0 bridgehead atoms. The molecule has 12 nitrogen and oxygen atoms in total. The fourth-order valence-electron chi connectivity index (χ4n) is 1.74. The number of carboxylic acid groups (broad SMARTS) is 2. The van der Waals surface area contributed by atoms with Crippen LogP contribution < -0.4 is 0 Å². The lowest BCUT2D eigenvalue weighted by atomic mass is 9.96. The Hall–Kier alpha value is -3.03. The van der Waals surface area contributed by atoms with Gasteiger partial charge in [-0.1, -0.05) is 0 Å². The Balaban J connectivity index is 3.02. The van der Waals surface area contributed by atoms with E-state index in [1.807, 2.05) is 0 Å². The van der Waals surface area contributed by atoms with Crippen LogP contribution in [0.25, 0.3) is 0 Å². The summed E-state index contributed by atoms with van der Waals surface area (Å²) < 4.78 is 35.1. The maximum atomic E-state index is 11.8. The third-order valence-corrected chi connectivity index (χ3v) is 3.82. The first-order chi connectivity index (χ1) is 11.8. The van der Waals surface area contributed by atoms with Crippen LogP contribution in [0.4, 0.5) is 0 Å². The van der Waals surface area contributed by atoms with Gasteiger partial charge in [-0.05, 0) is 18.2 Å². The number of phenols is 1. The second kappa shape index (κ2) is 7.47. The minimum Gasteiger partial charge on any atom is -0.507 e. The van der Waals surface area contributed by atoms with Crippen molar-refractivity contribution in [1.29, 1.82) is 0 Å². The first kappa shape index (κ1) is 21.0. The number of aliphatic hydroxyl groups is 1. The van der Waals surface area contributed by atoms with Gasteiger partial charge in [-0.3, -0.25) is 14.1 Å². The SMILES string of the molecule is O=C(O)CC(O)(CC(=O)OC(=O)c1cc(S(=O)(=O)O)ccc1O)C(=O)O. The molecule has 0 amide bonds. The van der Waals surface area contributed by atoms with Crippen LogP contribution in [0.1, 0.15) is 23.2 Å². The van der Waals surface area contributed by atoms with E-state index in [4.69, 9.17) is 14.8 Å². The molecule has 1 aromatic rings. The maximum Gasteiger partial charge on any atom is 0.349 e. The third-order valence-electron chi connectivity index (χ3n) is 2.97. The van der Waals surface area contributed by atoms with E-state index in [0.29, 0.717) is 12.1 Å². The average molecular weight is 392 g/mol. The Morgan fingerprint density at radius 1 is 1.08 bits per heavy atom. The molecule has 0 saturated carbocycles. The van der Waals surface area contributed by atoms with Gasteiger partial charge in [0.1, 0.15) is 11.3 Å². The van der Waals surface area contributed by atoms with E-state index in [0.717, 1.165) is 6.07 Å². The van der Waals surface area contributed by atoms with Gasteiger partial charge in [0.05, 0.1) is 17.7 Å². The molecule has 0 aliphatic rings. The zero-order chi connectivity index (χ0) is 20.3. The first-order valence-electron chi connectivity index (χ1n) is 6.49. The Kier molecular flexibility index (Phi) is 6.03. The van der Waals surface area contributed by atoms with Crippen LogP contribution in [0.15, 0.2) is 23.1 Å². The first-order valence-corrected chi connectivity index (χ1v) is 7.93. The molecule has 0 aromatic heterocycles. The maximum absolute atomic E-state index is 11.8. The Morgan fingerprint density at radius 2 is 1.65 bits per heavy atom. The number of esters is 2. The molecular formula is C13H12O12S. The zero-order valence-electron chi connectivity index (χ0n) is 12.6. The number of aliphatic carboxylic acids is 2. The van der Waals surface area contributed by atoms with Gasteiger partial charge in [0.25, 0.3) is 10.1 Å². The van der Waals surface area contributed by atoms with Gasteiger partial charge < -0.3 is 25.2 Å². The molecule has 0 fully saturated rings. The summed E-state index contributed by atoms with van der Waals surface area (Å²) in [5.74, 6) is -7.90. The topological polar surface area (TPSA) is 213 Å². The summed E-state index contributed by atoms with van der Waals surface area (Å²) in [6, 6.07) is 1.95. The molecule has 0 radical (unpaired) electrons. The molecular weight excluding hydrogens is 380 g/mol.